The van der Waals surface area contributed by atoms with Crippen LogP contribution in [0.1, 0.15) is 40.2 Å². The molecule has 0 spiro atoms. The van der Waals surface area contributed by atoms with Crippen LogP contribution in [0, 0.1) is 5.82 Å². The number of carbonyl (C=O) groups excluding carboxylic acids is 1. The van der Waals surface area contributed by atoms with Gasteiger partial charge in [-0.15, -0.1) is 0 Å². The van der Waals surface area contributed by atoms with Gasteiger partial charge in [-0.1, -0.05) is 26.0 Å². The van der Waals surface area contributed by atoms with Crippen molar-refractivity contribution in [3.05, 3.63) is 35.6 Å². The summed E-state index contributed by atoms with van der Waals surface area (Å²) in [6.07, 6.45) is -0.445. The Bertz CT molecular complexity index is 607. The monoisotopic (exact) mass is 366 g/mol. The maximum Gasteiger partial charge on any atom is 0.407 e. The Morgan fingerprint density at radius 1 is 1.04 bits per heavy atom. The van der Waals surface area contributed by atoms with Gasteiger partial charge >= 0.3 is 6.09 Å². The zero-order valence-corrected chi connectivity index (χ0v) is 16.6. The Labute approximate surface area is 155 Å². The van der Waals surface area contributed by atoms with E-state index in [2.05, 4.69) is 34.8 Å². The summed E-state index contributed by atoms with van der Waals surface area (Å²) < 4.78 is 18.3. The van der Waals surface area contributed by atoms with Crippen molar-refractivity contribution in [1.82, 2.24) is 16.0 Å². The fourth-order valence-corrected chi connectivity index (χ4v) is 2.19. The molecule has 0 bridgehead atoms. The van der Waals surface area contributed by atoms with Crippen LogP contribution in [0.15, 0.2) is 29.3 Å². The lowest BCUT2D eigenvalue weighted by atomic mass is 9.84. The van der Waals surface area contributed by atoms with Crippen LogP contribution in [-0.2, 0) is 10.2 Å². The van der Waals surface area contributed by atoms with Gasteiger partial charge in [-0.3, -0.25) is 4.99 Å². The van der Waals surface area contributed by atoms with Gasteiger partial charge in [0.15, 0.2) is 5.96 Å². The average Bonchev–Trinajstić information content (AvgIpc) is 2.53. The van der Waals surface area contributed by atoms with E-state index in [1.54, 1.807) is 19.2 Å². The quantitative estimate of drug-likeness (QED) is 0.411. The maximum atomic E-state index is 13.1. The van der Waals surface area contributed by atoms with Gasteiger partial charge in [0.1, 0.15) is 11.4 Å². The number of hydrogen-bond acceptors (Lipinski definition) is 3. The van der Waals surface area contributed by atoms with Gasteiger partial charge in [-0.05, 0) is 38.5 Å². The van der Waals surface area contributed by atoms with Crippen LogP contribution in [-0.4, -0.2) is 44.3 Å². The van der Waals surface area contributed by atoms with E-state index >= 15 is 0 Å². The third kappa shape index (κ3) is 8.18. The molecule has 0 aliphatic rings. The predicted octanol–water partition coefficient (Wildman–Crippen LogP) is 2.79. The van der Waals surface area contributed by atoms with Crippen molar-refractivity contribution in [1.29, 1.82) is 0 Å². The normalized spacial score (nSPS) is 12.5. The molecule has 6 nitrogen and oxygen atoms in total. The van der Waals surface area contributed by atoms with E-state index in [9.17, 15) is 9.18 Å². The fourth-order valence-electron chi connectivity index (χ4n) is 2.19. The first-order chi connectivity index (χ1) is 12.0. The molecule has 1 aromatic rings. The van der Waals surface area contributed by atoms with Crippen molar-refractivity contribution in [2.24, 2.45) is 4.99 Å². The van der Waals surface area contributed by atoms with Crippen molar-refractivity contribution in [3.8, 4) is 0 Å². The zero-order valence-electron chi connectivity index (χ0n) is 16.6. The molecule has 1 amide bonds. The number of carbonyl (C=O) groups is 1. The summed E-state index contributed by atoms with van der Waals surface area (Å²) >= 11 is 0. The minimum Gasteiger partial charge on any atom is -0.444 e. The number of benzene rings is 1. The summed E-state index contributed by atoms with van der Waals surface area (Å²) in [4.78, 5) is 15.7. The highest BCUT2D eigenvalue weighted by molar-refractivity contribution is 5.79. The Kier molecular flexibility index (Phi) is 7.86. The lowest BCUT2D eigenvalue weighted by Crippen LogP contribution is -2.45. The first-order valence-corrected chi connectivity index (χ1v) is 8.71. The molecule has 0 aliphatic heterocycles. The molecule has 0 aromatic heterocycles. The summed E-state index contributed by atoms with van der Waals surface area (Å²) in [5.74, 6) is 0.388. The first kappa shape index (κ1) is 21.7. The number of hydrogen-bond donors (Lipinski definition) is 3. The topological polar surface area (TPSA) is 74.8 Å². The Morgan fingerprint density at radius 2 is 1.62 bits per heavy atom. The second-order valence-corrected chi connectivity index (χ2v) is 7.67. The molecule has 1 rings (SSSR count). The number of aliphatic imine (C=N–C) groups is 1. The van der Waals surface area contributed by atoms with Gasteiger partial charge in [-0.25, -0.2) is 9.18 Å². The van der Waals surface area contributed by atoms with Crippen molar-refractivity contribution in [2.75, 3.05) is 26.7 Å². The van der Waals surface area contributed by atoms with Crippen molar-refractivity contribution < 1.29 is 13.9 Å². The van der Waals surface area contributed by atoms with Crippen molar-refractivity contribution in [2.45, 2.75) is 45.6 Å². The molecule has 0 unspecified atom stereocenters. The molecule has 0 saturated carbocycles. The standard InChI is InChI=1S/C19H31FN4O2/c1-18(2,3)26-17(25)23-12-11-22-16(21-6)24-13-19(4,5)14-7-9-15(20)10-8-14/h7-10H,11-13H2,1-6H3,(H,23,25)(H2,21,22,24). The minimum absolute atomic E-state index is 0.194. The van der Waals surface area contributed by atoms with E-state index in [1.807, 2.05) is 20.8 Å². The van der Waals surface area contributed by atoms with Crippen molar-refractivity contribution >= 4 is 12.1 Å². The minimum atomic E-state index is -0.513. The Morgan fingerprint density at radius 3 is 2.15 bits per heavy atom. The number of ether oxygens (including phenoxy) is 1. The molecule has 146 valence electrons. The van der Waals surface area contributed by atoms with Gasteiger partial charge in [0, 0.05) is 32.1 Å². The van der Waals surface area contributed by atoms with Crippen LogP contribution in [0.25, 0.3) is 0 Å². The van der Waals surface area contributed by atoms with Gasteiger partial charge in [0.05, 0.1) is 0 Å². The van der Waals surface area contributed by atoms with Crippen LogP contribution in [0.5, 0.6) is 0 Å². The summed E-state index contributed by atoms with van der Waals surface area (Å²) in [7, 11) is 1.68. The highest BCUT2D eigenvalue weighted by Crippen LogP contribution is 2.22. The van der Waals surface area contributed by atoms with E-state index in [0.29, 0.717) is 25.6 Å². The molecular weight excluding hydrogens is 335 g/mol. The highest BCUT2D eigenvalue weighted by atomic mass is 19.1. The zero-order chi connectivity index (χ0) is 19.8. The molecule has 0 fully saturated rings. The number of nitrogens with zero attached hydrogens (tertiary/aromatic N) is 1. The predicted molar refractivity (Wildman–Crippen MR) is 103 cm³/mol. The smallest absolute Gasteiger partial charge is 0.407 e. The Balaban J connectivity index is 2.39. The number of amides is 1. The van der Waals surface area contributed by atoms with Gasteiger partial charge in [0.25, 0.3) is 0 Å². The number of halogens is 1. The van der Waals surface area contributed by atoms with Crippen molar-refractivity contribution in [3.63, 3.8) is 0 Å². The summed E-state index contributed by atoms with van der Waals surface area (Å²) in [6.45, 7) is 11.2. The Hall–Kier alpha value is -2.31. The summed E-state index contributed by atoms with van der Waals surface area (Å²) in [6, 6.07) is 6.51. The number of nitrogens with one attached hydrogen (secondary N) is 3. The molecule has 0 aliphatic carbocycles. The largest absolute Gasteiger partial charge is 0.444 e. The average molecular weight is 366 g/mol. The van der Waals surface area contributed by atoms with Gasteiger partial charge in [-0.2, -0.15) is 0 Å². The number of rotatable bonds is 6. The number of guanidine groups is 1. The molecule has 0 heterocycles. The molecule has 26 heavy (non-hydrogen) atoms. The maximum absolute atomic E-state index is 13.1. The molecule has 3 N–H and O–H groups in total. The van der Waals surface area contributed by atoms with Gasteiger partial charge in [0.2, 0.25) is 0 Å². The van der Waals surface area contributed by atoms with Crippen LogP contribution < -0.4 is 16.0 Å². The summed E-state index contributed by atoms with van der Waals surface area (Å²) in [5.41, 5.74) is 0.328. The third-order valence-electron chi connectivity index (χ3n) is 3.63. The highest BCUT2D eigenvalue weighted by Gasteiger charge is 2.21. The molecular formula is C19H31FN4O2. The van der Waals surface area contributed by atoms with Crippen LogP contribution >= 0.6 is 0 Å². The van der Waals surface area contributed by atoms with E-state index < -0.39 is 11.7 Å². The molecule has 0 saturated heterocycles. The second-order valence-electron chi connectivity index (χ2n) is 7.67. The van der Waals surface area contributed by atoms with Crippen LogP contribution in [0.2, 0.25) is 0 Å². The van der Waals surface area contributed by atoms with Crippen LogP contribution in [0.4, 0.5) is 9.18 Å². The fraction of sp³-hybridized carbons (Fsp3) is 0.579. The summed E-state index contributed by atoms with van der Waals surface area (Å²) in [5, 5.41) is 9.06. The lowest BCUT2D eigenvalue weighted by molar-refractivity contribution is 0.0529. The van der Waals surface area contributed by atoms with Crippen LogP contribution in [0.3, 0.4) is 0 Å². The molecule has 7 heteroatoms. The van der Waals surface area contributed by atoms with Gasteiger partial charge < -0.3 is 20.7 Å². The lowest BCUT2D eigenvalue weighted by Gasteiger charge is -2.27. The van der Waals surface area contributed by atoms with E-state index in [4.69, 9.17) is 4.74 Å². The number of alkyl carbamates (subject to hydrolysis) is 1. The third-order valence-corrected chi connectivity index (χ3v) is 3.63. The van der Waals surface area contributed by atoms with E-state index in [0.717, 1.165) is 5.56 Å². The van der Waals surface area contributed by atoms with E-state index in [1.165, 1.54) is 12.1 Å². The SMILES string of the molecule is CN=C(NCCNC(=O)OC(C)(C)C)NCC(C)(C)c1ccc(F)cc1. The molecule has 1 aromatic carbocycles. The molecule has 0 atom stereocenters. The molecule has 0 radical (unpaired) electrons. The second kappa shape index (κ2) is 9.40. The first-order valence-electron chi connectivity index (χ1n) is 8.71. The van der Waals surface area contributed by atoms with E-state index in [-0.39, 0.29) is 11.2 Å².